The van der Waals surface area contributed by atoms with Gasteiger partial charge >= 0.3 is 5.97 Å². The summed E-state index contributed by atoms with van der Waals surface area (Å²) in [6.07, 6.45) is 0. The number of hydrogen-bond acceptors (Lipinski definition) is 3. The highest BCUT2D eigenvalue weighted by Gasteiger charge is 2.26. The first-order valence-electron chi connectivity index (χ1n) is 7.94. The summed E-state index contributed by atoms with van der Waals surface area (Å²) in [4.78, 5) is 38.8. The number of H-pyrrole nitrogens is 1. The number of benzene rings is 1. The minimum atomic E-state index is -1.17. The Hall–Kier alpha value is -2.89. The number of carboxylic acid groups (broad SMARTS) is 1. The molecule has 1 aromatic heterocycles. The highest BCUT2D eigenvalue weighted by atomic mass is 16.4. The number of carbonyl (C=O) groups is 3. The van der Waals surface area contributed by atoms with E-state index in [1.54, 1.807) is 26.0 Å². The molecule has 6 nitrogen and oxygen atoms in total. The molecule has 0 aliphatic carbocycles. The number of carbonyl (C=O) groups excluding carboxylic acids is 2. The summed E-state index contributed by atoms with van der Waals surface area (Å²) >= 11 is 0. The van der Waals surface area contributed by atoms with Crippen molar-refractivity contribution >= 4 is 17.7 Å². The van der Waals surface area contributed by atoms with Crippen molar-refractivity contribution in [2.45, 2.75) is 40.7 Å². The van der Waals surface area contributed by atoms with E-state index in [4.69, 9.17) is 0 Å². The van der Waals surface area contributed by atoms with Gasteiger partial charge in [0, 0.05) is 11.3 Å². The highest BCUT2D eigenvalue weighted by Crippen LogP contribution is 2.21. The second kappa shape index (κ2) is 6.93. The van der Waals surface area contributed by atoms with Crippen LogP contribution in [0.5, 0.6) is 0 Å². The van der Waals surface area contributed by atoms with E-state index in [2.05, 4.69) is 10.3 Å². The Morgan fingerprint density at radius 1 is 1.08 bits per heavy atom. The first-order valence-corrected chi connectivity index (χ1v) is 7.94. The molecule has 132 valence electrons. The van der Waals surface area contributed by atoms with Crippen molar-refractivity contribution in [1.82, 2.24) is 10.3 Å². The highest BCUT2D eigenvalue weighted by molar-refractivity contribution is 6.03. The van der Waals surface area contributed by atoms with E-state index < -0.39 is 17.9 Å². The van der Waals surface area contributed by atoms with Crippen LogP contribution >= 0.6 is 0 Å². The molecule has 3 N–H and O–H groups in total. The van der Waals surface area contributed by atoms with Crippen molar-refractivity contribution in [3.63, 3.8) is 0 Å². The average Bonchev–Trinajstić information content (AvgIpc) is 2.82. The molecule has 1 amide bonds. The fourth-order valence-corrected chi connectivity index (χ4v) is 2.94. The lowest BCUT2D eigenvalue weighted by atomic mass is 10.0. The standard InChI is InChI=1S/C19H22N2O4/c1-9-6-7-14(8-10(9)2)17(19(24)25)21-18(23)16-11(3)15(13(5)22)12(4)20-16/h6-8,17,20H,1-5H3,(H,21,23)(H,24,25). The van der Waals surface area contributed by atoms with Crippen LogP contribution in [0, 0.1) is 27.7 Å². The molecule has 6 heteroatoms. The minimum absolute atomic E-state index is 0.144. The molecule has 1 unspecified atom stereocenters. The first kappa shape index (κ1) is 18.4. The van der Waals surface area contributed by atoms with E-state index >= 15 is 0 Å². The molecule has 1 atom stereocenters. The largest absolute Gasteiger partial charge is 0.479 e. The third kappa shape index (κ3) is 3.63. The zero-order valence-electron chi connectivity index (χ0n) is 15.0. The van der Waals surface area contributed by atoms with Crippen LogP contribution in [-0.2, 0) is 4.79 Å². The smallest absolute Gasteiger partial charge is 0.330 e. The maximum Gasteiger partial charge on any atom is 0.330 e. The molecule has 25 heavy (non-hydrogen) atoms. The molecule has 0 bridgehead atoms. The maximum absolute atomic E-state index is 12.6. The number of hydrogen-bond donors (Lipinski definition) is 3. The van der Waals surface area contributed by atoms with E-state index in [1.807, 2.05) is 19.9 Å². The van der Waals surface area contributed by atoms with Crippen LogP contribution in [0.1, 0.15) is 61.8 Å². The average molecular weight is 342 g/mol. The Kier molecular flexibility index (Phi) is 5.11. The molecule has 0 spiro atoms. The van der Waals surface area contributed by atoms with E-state index in [-0.39, 0.29) is 11.5 Å². The number of aromatic nitrogens is 1. The van der Waals surface area contributed by atoms with Crippen LogP contribution in [0.3, 0.4) is 0 Å². The van der Waals surface area contributed by atoms with E-state index in [0.717, 1.165) is 11.1 Å². The van der Waals surface area contributed by atoms with Crippen LogP contribution < -0.4 is 5.32 Å². The van der Waals surface area contributed by atoms with Crippen molar-refractivity contribution in [3.8, 4) is 0 Å². The number of carboxylic acids is 1. The summed E-state index contributed by atoms with van der Waals surface area (Å²) in [7, 11) is 0. The number of Topliss-reactive ketones (excluding diaryl/α,β-unsaturated/α-hetero) is 1. The topological polar surface area (TPSA) is 99.3 Å². The van der Waals surface area contributed by atoms with Gasteiger partial charge in [0.2, 0.25) is 0 Å². The van der Waals surface area contributed by atoms with Gasteiger partial charge in [0.1, 0.15) is 5.69 Å². The molecule has 0 saturated carbocycles. The van der Waals surface area contributed by atoms with Crippen molar-refractivity contribution in [3.05, 3.63) is 57.4 Å². The van der Waals surface area contributed by atoms with E-state index in [9.17, 15) is 19.5 Å². The summed E-state index contributed by atoms with van der Waals surface area (Å²) in [5, 5.41) is 12.1. The SMILES string of the molecule is CC(=O)c1c(C)[nH]c(C(=O)NC(C(=O)O)c2ccc(C)c(C)c2)c1C. The molecule has 0 radical (unpaired) electrons. The van der Waals surface area contributed by atoms with E-state index in [1.165, 1.54) is 6.92 Å². The summed E-state index contributed by atoms with van der Waals surface area (Å²) in [6.45, 7) is 8.62. The molecule has 0 aliphatic rings. The monoisotopic (exact) mass is 342 g/mol. The lowest BCUT2D eigenvalue weighted by Gasteiger charge is -2.16. The summed E-state index contributed by atoms with van der Waals surface area (Å²) < 4.78 is 0. The lowest BCUT2D eigenvalue weighted by Crippen LogP contribution is -2.34. The summed E-state index contributed by atoms with van der Waals surface area (Å²) in [5.41, 5.74) is 4.27. The lowest BCUT2D eigenvalue weighted by molar-refractivity contribution is -0.139. The number of nitrogens with one attached hydrogen (secondary N) is 2. The van der Waals surface area contributed by atoms with Gasteiger partial charge in [-0.1, -0.05) is 18.2 Å². The number of aryl methyl sites for hydroxylation is 3. The van der Waals surface area contributed by atoms with Crippen LogP contribution in [0.25, 0.3) is 0 Å². The number of aliphatic carboxylic acids is 1. The van der Waals surface area contributed by atoms with Gasteiger partial charge in [-0.05, 0) is 56.9 Å². The summed E-state index contributed by atoms with van der Waals surface area (Å²) in [5.74, 6) is -1.85. The third-order valence-electron chi connectivity index (χ3n) is 4.40. The molecular weight excluding hydrogens is 320 g/mol. The molecule has 0 saturated heterocycles. The maximum atomic E-state index is 12.6. The fourth-order valence-electron chi connectivity index (χ4n) is 2.94. The quantitative estimate of drug-likeness (QED) is 0.727. The van der Waals surface area contributed by atoms with Gasteiger partial charge in [0.25, 0.3) is 5.91 Å². The molecular formula is C19H22N2O4. The number of ketones is 1. The second-order valence-corrected chi connectivity index (χ2v) is 6.27. The predicted octanol–water partition coefficient (Wildman–Crippen LogP) is 3.01. The van der Waals surface area contributed by atoms with Crippen LogP contribution in [-0.4, -0.2) is 27.8 Å². The zero-order chi connectivity index (χ0) is 18.9. The van der Waals surface area contributed by atoms with Gasteiger partial charge in [-0.15, -0.1) is 0 Å². The van der Waals surface area contributed by atoms with Gasteiger partial charge in [-0.3, -0.25) is 9.59 Å². The Balaban J connectivity index is 2.36. The molecule has 0 aliphatic heterocycles. The molecule has 0 fully saturated rings. The normalized spacial score (nSPS) is 11.9. The van der Waals surface area contributed by atoms with Gasteiger partial charge in [-0.25, -0.2) is 4.79 Å². The Labute approximate surface area is 146 Å². The predicted molar refractivity (Wildman–Crippen MR) is 94.0 cm³/mol. The second-order valence-electron chi connectivity index (χ2n) is 6.27. The van der Waals surface area contributed by atoms with Crippen molar-refractivity contribution in [1.29, 1.82) is 0 Å². The van der Waals surface area contributed by atoms with Gasteiger partial charge in [-0.2, -0.15) is 0 Å². The molecule has 2 aromatic rings. The van der Waals surface area contributed by atoms with Crippen LogP contribution in [0.15, 0.2) is 18.2 Å². The van der Waals surface area contributed by atoms with Crippen molar-refractivity contribution < 1.29 is 19.5 Å². The molecule has 1 heterocycles. The minimum Gasteiger partial charge on any atom is -0.479 e. The van der Waals surface area contributed by atoms with Gasteiger partial charge in [0.15, 0.2) is 11.8 Å². The Bertz CT molecular complexity index is 865. The number of aromatic amines is 1. The molecule has 2 rings (SSSR count). The Morgan fingerprint density at radius 2 is 1.72 bits per heavy atom. The zero-order valence-corrected chi connectivity index (χ0v) is 15.0. The van der Waals surface area contributed by atoms with Crippen molar-refractivity contribution in [2.75, 3.05) is 0 Å². The third-order valence-corrected chi connectivity index (χ3v) is 4.40. The van der Waals surface area contributed by atoms with Crippen LogP contribution in [0.4, 0.5) is 0 Å². The van der Waals surface area contributed by atoms with Gasteiger partial charge in [0.05, 0.1) is 0 Å². The number of amides is 1. The number of rotatable bonds is 5. The van der Waals surface area contributed by atoms with Gasteiger partial charge < -0.3 is 15.4 Å². The summed E-state index contributed by atoms with van der Waals surface area (Å²) in [6, 6.07) is 4.10. The van der Waals surface area contributed by atoms with Crippen LogP contribution in [0.2, 0.25) is 0 Å². The van der Waals surface area contributed by atoms with E-state index in [0.29, 0.717) is 22.4 Å². The molecule has 1 aromatic carbocycles. The first-order chi connectivity index (χ1) is 11.6. The Morgan fingerprint density at radius 3 is 2.20 bits per heavy atom. The fraction of sp³-hybridized carbons (Fsp3) is 0.316. The van der Waals surface area contributed by atoms with Crippen molar-refractivity contribution in [2.24, 2.45) is 0 Å².